The van der Waals surface area contributed by atoms with E-state index in [1.54, 1.807) is 18.3 Å². The molecule has 178 valence electrons. The van der Waals surface area contributed by atoms with Gasteiger partial charge in [-0.1, -0.05) is 18.2 Å². The lowest BCUT2D eigenvalue weighted by atomic mass is 9.97. The van der Waals surface area contributed by atoms with Gasteiger partial charge in [0.25, 0.3) is 5.91 Å². The first kappa shape index (κ1) is 22.5. The van der Waals surface area contributed by atoms with E-state index < -0.39 is 12.2 Å². The number of hydrogen-bond donors (Lipinski definition) is 1. The Hall–Kier alpha value is -3.26. The maximum absolute atomic E-state index is 13.4. The molecule has 0 bridgehead atoms. The lowest BCUT2D eigenvalue weighted by Crippen LogP contribution is -2.57. The second kappa shape index (κ2) is 8.51. The number of aromatic nitrogens is 1. The van der Waals surface area contributed by atoms with Crippen molar-refractivity contribution in [2.75, 3.05) is 32.1 Å². The van der Waals surface area contributed by atoms with Gasteiger partial charge in [0.15, 0.2) is 5.75 Å². The minimum Gasteiger partial charge on any atom is -0.432 e. The highest BCUT2D eigenvalue weighted by Crippen LogP contribution is 2.49. The first-order valence-electron chi connectivity index (χ1n) is 11.4. The van der Waals surface area contributed by atoms with Crippen molar-refractivity contribution in [3.8, 4) is 5.75 Å². The van der Waals surface area contributed by atoms with Gasteiger partial charge in [0, 0.05) is 42.0 Å². The van der Waals surface area contributed by atoms with E-state index in [1.807, 2.05) is 25.1 Å². The number of ether oxygens (including phenoxy) is 1. The van der Waals surface area contributed by atoms with Crippen LogP contribution in [0, 0.1) is 6.92 Å². The van der Waals surface area contributed by atoms with Crippen molar-refractivity contribution >= 4 is 22.5 Å². The lowest BCUT2D eigenvalue weighted by molar-refractivity contribution is -0.0489. The minimum atomic E-state index is -2.93. The zero-order chi connectivity index (χ0) is 24.0. The van der Waals surface area contributed by atoms with Crippen molar-refractivity contribution in [1.29, 1.82) is 0 Å². The Morgan fingerprint density at radius 2 is 1.97 bits per heavy atom. The molecule has 8 heteroatoms. The zero-order valence-corrected chi connectivity index (χ0v) is 19.5. The minimum absolute atomic E-state index is 0.0330. The molecular weight excluding hydrogens is 438 g/mol. The summed E-state index contributed by atoms with van der Waals surface area (Å²) < 4.78 is 30.4. The van der Waals surface area contributed by atoms with E-state index in [1.165, 1.54) is 6.07 Å². The van der Waals surface area contributed by atoms with Crippen LogP contribution < -0.4 is 15.0 Å². The van der Waals surface area contributed by atoms with Gasteiger partial charge < -0.3 is 19.9 Å². The number of hydrogen-bond acceptors (Lipinski definition) is 5. The number of rotatable bonds is 7. The van der Waals surface area contributed by atoms with E-state index in [9.17, 15) is 13.6 Å². The summed E-state index contributed by atoms with van der Waals surface area (Å²) in [5.74, 6) is -0.0999. The molecule has 2 heterocycles. The summed E-state index contributed by atoms with van der Waals surface area (Å²) in [6, 6.07) is 13.4. The lowest BCUT2D eigenvalue weighted by Gasteiger charge is -2.44. The van der Waals surface area contributed by atoms with Crippen LogP contribution in [0.1, 0.15) is 34.3 Å². The summed E-state index contributed by atoms with van der Waals surface area (Å²) in [4.78, 5) is 22.2. The summed E-state index contributed by atoms with van der Waals surface area (Å²) in [6.07, 6.45) is 3.09. The first-order chi connectivity index (χ1) is 16.3. The largest absolute Gasteiger partial charge is 0.432 e. The molecule has 1 aliphatic heterocycles. The topological polar surface area (TPSA) is 57.7 Å². The fourth-order valence-corrected chi connectivity index (χ4v) is 4.67. The maximum atomic E-state index is 13.4. The normalized spacial score (nSPS) is 17.2. The Bertz CT molecular complexity index is 1240. The molecule has 2 aliphatic rings. The third-order valence-corrected chi connectivity index (χ3v) is 6.99. The fraction of sp³-hybridized carbons (Fsp3) is 0.385. The Morgan fingerprint density at radius 3 is 2.65 bits per heavy atom. The van der Waals surface area contributed by atoms with Gasteiger partial charge in [-0.15, -0.1) is 0 Å². The van der Waals surface area contributed by atoms with E-state index in [0.29, 0.717) is 22.5 Å². The number of carbonyl (C=O) groups excluding carboxylic acids is 1. The quantitative estimate of drug-likeness (QED) is 0.562. The van der Waals surface area contributed by atoms with Crippen molar-refractivity contribution < 1.29 is 18.3 Å². The maximum Gasteiger partial charge on any atom is 0.387 e. The van der Waals surface area contributed by atoms with E-state index in [4.69, 9.17) is 0 Å². The van der Waals surface area contributed by atoms with Crippen molar-refractivity contribution in [3.63, 3.8) is 0 Å². The molecule has 1 saturated heterocycles. The van der Waals surface area contributed by atoms with Crippen molar-refractivity contribution in [2.45, 2.75) is 38.0 Å². The smallest absolute Gasteiger partial charge is 0.387 e. The zero-order valence-electron chi connectivity index (χ0n) is 19.5. The molecule has 1 saturated carbocycles. The molecule has 6 nitrogen and oxygen atoms in total. The van der Waals surface area contributed by atoms with E-state index in [-0.39, 0.29) is 11.7 Å². The first-order valence-corrected chi connectivity index (χ1v) is 11.4. The molecule has 1 amide bonds. The molecule has 34 heavy (non-hydrogen) atoms. The van der Waals surface area contributed by atoms with Crippen LogP contribution in [-0.4, -0.2) is 55.6 Å². The number of pyridine rings is 1. The van der Waals surface area contributed by atoms with Crippen LogP contribution in [0.4, 0.5) is 14.5 Å². The standard InChI is InChI=1S/C26H28F2N4O2/c1-16-6-7-17(32-14-18(15-32)31(2)3)13-20(16)24(33)30-26(10-11-26)21-8-9-22(34-25(27)28)23-19(21)5-4-12-29-23/h4-9,12-13,18,25H,10-11,14-15H2,1-3H3,(H,30,33). The number of likely N-dealkylation sites (N-methyl/N-ethyl adjacent to an activating group) is 1. The molecule has 0 unspecified atom stereocenters. The number of anilines is 1. The van der Waals surface area contributed by atoms with Crippen molar-refractivity contribution in [3.05, 3.63) is 65.4 Å². The van der Waals surface area contributed by atoms with Crippen LogP contribution in [0.5, 0.6) is 5.75 Å². The SMILES string of the molecule is Cc1ccc(N2CC(N(C)C)C2)cc1C(=O)NC1(c2ccc(OC(F)F)c3ncccc23)CC1. The summed E-state index contributed by atoms with van der Waals surface area (Å²) in [5, 5.41) is 3.95. The highest BCUT2D eigenvalue weighted by Gasteiger charge is 2.47. The summed E-state index contributed by atoms with van der Waals surface area (Å²) in [7, 11) is 4.16. The molecule has 0 atom stereocenters. The number of alkyl halides is 2. The van der Waals surface area contributed by atoms with Gasteiger partial charge in [-0.2, -0.15) is 8.78 Å². The molecular formula is C26H28F2N4O2. The van der Waals surface area contributed by atoms with Crippen LogP contribution in [0.15, 0.2) is 48.7 Å². The monoisotopic (exact) mass is 466 g/mol. The van der Waals surface area contributed by atoms with E-state index in [2.05, 4.69) is 45.0 Å². The molecule has 0 spiro atoms. The van der Waals surface area contributed by atoms with Gasteiger partial charge in [-0.3, -0.25) is 9.78 Å². The summed E-state index contributed by atoms with van der Waals surface area (Å²) in [6.45, 7) is 0.882. The number of nitrogens with one attached hydrogen (secondary N) is 1. The van der Waals surface area contributed by atoms with Gasteiger partial charge in [-0.25, -0.2) is 0 Å². The Balaban J connectivity index is 1.41. The van der Waals surface area contributed by atoms with Crippen LogP contribution in [-0.2, 0) is 5.54 Å². The van der Waals surface area contributed by atoms with E-state index >= 15 is 0 Å². The predicted octanol–water partition coefficient (Wildman–Crippen LogP) is 4.31. The average Bonchev–Trinajstić information content (AvgIpc) is 3.53. The summed E-state index contributed by atoms with van der Waals surface area (Å²) in [5.41, 5.74) is 3.30. The molecule has 0 radical (unpaired) electrons. The fourth-order valence-electron chi connectivity index (χ4n) is 4.67. The molecule has 1 N–H and O–H groups in total. The molecule has 1 aromatic heterocycles. The van der Waals surface area contributed by atoms with Crippen molar-refractivity contribution in [1.82, 2.24) is 15.2 Å². The Labute approximate surface area is 197 Å². The number of benzene rings is 2. The highest BCUT2D eigenvalue weighted by molar-refractivity contribution is 5.98. The molecule has 2 fully saturated rings. The Kier molecular flexibility index (Phi) is 5.64. The number of nitrogens with zero attached hydrogens (tertiary/aromatic N) is 3. The van der Waals surface area contributed by atoms with Crippen LogP contribution in [0.2, 0.25) is 0 Å². The van der Waals surface area contributed by atoms with Gasteiger partial charge >= 0.3 is 6.61 Å². The number of fused-ring (bicyclic) bond motifs is 1. The van der Waals surface area contributed by atoms with Gasteiger partial charge in [0.1, 0.15) is 5.52 Å². The van der Waals surface area contributed by atoms with Crippen LogP contribution in [0.25, 0.3) is 10.9 Å². The number of halogens is 2. The molecule has 2 aromatic carbocycles. The molecule has 3 aromatic rings. The van der Waals surface area contributed by atoms with Crippen molar-refractivity contribution in [2.24, 2.45) is 0 Å². The van der Waals surface area contributed by atoms with Crippen LogP contribution in [0.3, 0.4) is 0 Å². The third-order valence-electron chi connectivity index (χ3n) is 6.99. The van der Waals surface area contributed by atoms with Gasteiger partial charge in [0.05, 0.1) is 5.54 Å². The number of amides is 1. The predicted molar refractivity (Wildman–Crippen MR) is 128 cm³/mol. The van der Waals surface area contributed by atoms with E-state index in [0.717, 1.165) is 42.7 Å². The number of carbonyl (C=O) groups is 1. The number of aryl methyl sites for hydroxylation is 1. The van der Waals surface area contributed by atoms with Crippen LogP contribution >= 0.6 is 0 Å². The Morgan fingerprint density at radius 1 is 1.21 bits per heavy atom. The van der Waals surface area contributed by atoms with Gasteiger partial charge in [-0.05, 0) is 69.3 Å². The second-order valence-electron chi connectivity index (χ2n) is 9.45. The molecule has 1 aliphatic carbocycles. The molecule has 5 rings (SSSR count). The van der Waals surface area contributed by atoms with Gasteiger partial charge in [0.2, 0.25) is 0 Å². The third kappa shape index (κ3) is 4.07. The second-order valence-corrected chi connectivity index (χ2v) is 9.45. The highest BCUT2D eigenvalue weighted by atomic mass is 19.3. The summed E-state index contributed by atoms with van der Waals surface area (Å²) >= 11 is 0. The average molecular weight is 467 g/mol.